The SMILES string of the molecule is O=C(c1cc(Br)sc1Br)c1c[nH]c2cc(Cl)ccc12. The monoisotopic (exact) mass is 417 g/mol. The highest BCUT2D eigenvalue weighted by Crippen LogP contribution is 2.34. The fourth-order valence-electron chi connectivity index (χ4n) is 1.93. The van der Waals surface area contributed by atoms with Crippen LogP contribution >= 0.6 is 54.8 Å². The fraction of sp³-hybridized carbons (Fsp3) is 0. The van der Waals surface area contributed by atoms with Gasteiger partial charge in [0.1, 0.15) is 0 Å². The second-order valence-electron chi connectivity index (χ2n) is 3.96. The van der Waals surface area contributed by atoms with Crippen LogP contribution in [-0.2, 0) is 0 Å². The van der Waals surface area contributed by atoms with E-state index in [1.807, 2.05) is 18.2 Å². The number of thiophene rings is 1. The summed E-state index contributed by atoms with van der Waals surface area (Å²) in [6.45, 7) is 0. The van der Waals surface area contributed by atoms with Crippen LogP contribution in [0.1, 0.15) is 15.9 Å². The zero-order valence-electron chi connectivity index (χ0n) is 9.34. The van der Waals surface area contributed by atoms with E-state index in [0.29, 0.717) is 16.1 Å². The van der Waals surface area contributed by atoms with E-state index in [1.165, 1.54) is 11.3 Å². The molecule has 0 saturated heterocycles. The Kier molecular flexibility index (Phi) is 3.55. The van der Waals surface area contributed by atoms with Crippen molar-refractivity contribution < 1.29 is 4.79 Å². The number of rotatable bonds is 2. The molecule has 0 atom stereocenters. The summed E-state index contributed by atoms with van der Waals surface area (Å²) in [6, 6.07) is 7.28. The van der Waals surface area contributed by atoms with Crippen molar-refractivity contribution in [3.05, 3.63) is 54.2 Å². The smallest absolute Gasteiger partial charge is 0.197 e. The van der Waals surface area contributed by atoms with E-state index in [4.69, 9.17) is 11.6 Å². The highest BCUT2D eigenvalue weighted by Gasteiger charge is 2.18. The number of ketones is 1. The number of hydrogen-bond acceptors (Lipinski definition) is 2. The minimum Gasteiger partial charge on any atom is -0.360 e. The van der Waals surface area contributed by atoms with Crippen LogP contribution in [0.4, 0.5) is 0 Å². The number of aromatic amines is 1. The van der Waals surface area contributed by atoms with Gasteiger partial charge < -0.3 is 4.98 Å². The average Bonchev–Trinajstić information content (AvgIpc) is 2.91. The maximum Gasteiger partial charge on any atom is 0.197 e. The van der Waals surface area contributed by atoms with Gasteiger partial charge in [-0.25, -0.2) is 0 Å². The van der Waals surface area contributed by atoms with Crippen LogP contribution in [0.5, 0.6) is 0 Å². The molecule has 0 fully saturated rings. The maximum atomic E-state index is 12.5. The number of nitrogens with one attached hydrogen (secondary N) is 1. The van der Waals surface area contributed by atoms with Gasteiger partial charge in [-0.2, -0.15) is 0 Å². The third kappa shape index (κ3) is 2.40. The summed E-state index contributed by atoms with van der Waals surface area (Å²) in [6.07, 6.45) is 1.72. The molecule has 3 aromatic rings. The Morgan fingerprint density at radius 1 is 1.21 bits per heavy atom. The van der Waals surface area contributed by atoms with Crippen LogP contribution in [-0.4, -0.2) is 10.8 Å². The molecule has 19 heavy (non-hydrogen) atoms. The summed E-state index contributed by atoms with van der Waals surface area (Å²) in [4.78, 5) is 15.6. The molecule has 0 amide bonds. The zero-order chi connectivity index (χ0) is 13.6. The third-order valence-electron chi connectivity index (χ3n) is 2.79. The largest absolute Gasteiger partial charge is 0.360 e. The molecule has 0 unspecified atom stereocenters. The molecular formula is C13H6Br2ClNOS. The molecule has 96 valence electrons. The Balaban J connectivity index is 2.14. The molecular weight excluding hydrogens is 413 g/mol. The Morgan fingerprint density at radius 2 is 2.00 bits per heavy atom. The van der Waals surface area contributed by atoms with Gasteiger partial charge in [0.2, 0.25) is 0 Å². The van der Waals surface area contributed by atoms with E-state index in [-0.39, 0.29) is 5.78 Å². The summed E-state index contributed by atoms with van der Waals surface area (Å²) in [5.41, 5.74) is 2.17. The van der Waals surface area contributed by atoms with Gasteiger partial charge in [0.15, 0.2) is 5.78 Å². The number of carbonyl (C=O) groups excluding carboxylic acids is 1. The lowest BCUT2D eigenvalue weighted by Gasteiger charge is -1.98. The maximum absolute atomic E-state index is 12.5. The molecule has 1 N–H and O–H groups in total. The summed E-state index contributed by atoms with van der Waals surface area (Å²) < 4.78 is 1.75. The molecule has 2 aromatic heterocycles. The van der Waals surface area contributed by atoms with Crippen molar-refractivity contribution in [3.63, 3.8) is 0 Å². The van der Waals surface area contributed by atoms with Crippen molar-refractivity contribution >= 4 is 71.5 Å². The number of hydrogen-bond donors (Lipinski definition) is 1. The molecule has 1 aromatic carbocycles. The third-order valence-corrected chi connectivity index (χ3v) is 5.36. The predicted molar refractivity (Wildman–Crippen MR) is 86.5 cm³/mol. The van der Waals surface area contributed by atoms with Crippen LogP contribution in [0.15, 0.2) is 38.0 Å². The molecule has 0 aliphatic carbocycles. The number of H-pyrrole nitrogens is 1. The van der Waals surface area contributed by atoms with Gasteiger partial charge in [-0.3, -0.25) is 4.79 Å². The Morgan fingerprint density at radius 3 is 2.68 bits per heavy atom. The summed E-state index contributed by atoms with van der Waals surface area (Å²) in [5.74, 6) is -0.0117. The second-order valence-corrected chi connectivity index (χ2v) is 8.15. The lowest BCUT2D eigenvalue weighted by molar-refractivity contribution is 0.104. The molecule has 0 radical (unpaired) electrons. The zero-order valence-corrected chi connectivity index (χ0v) is 14.1. The molecule has 2 heterocycles. The molecule has 0 spiro atoms. The normalized spacial score (nSPS) is 11.1. The molecule has 6 heteroatoms. The van der Waals surface area contributed by atoms with Crippen LogP contribution in [0.2, 0.25) is 5.02 Å². The average molecular weight is 420 g/mol. The van der Waals surface area contributed by atoms with Gasteiger partial charge in [-0.05, 0) is 50.1 Å². The van der Waals surface area contributed by atoms with Gasteiger partial charge in [0.05, 0.1) is 7.57 Å². The predicted octanol–water partition coefficient (Wildman–Crippen LogP) is 5.64. The number of halogens is 3. The van der Waals surface area contributed by atoms with Crippen LogP contribution in [0.3, 0.4) is 0 Å². The minimum absolute atomic E-state index is 0.0117. The first-order valence-electron chi connectivity index (χ1n) is 5.32. The number of aromatic nitrogens is 1. The Bertz CT molecular complexity index is 793. The quantitative estimate of drug-likeness (QED) is 0.536. The lowest BCUT2D eigenvalue weighted by Crippen LogP contribution is -1.99. The highest BCUT2D eigenvalue weighted by atomic mass is 79.9. The number of fused-ring (bicyclic) bond motifs is 1. The summed E-state index contributed by atoms with van der Waals surface area (Å²) in [5, 5.41) is 1.52. The summed E-state index contributed by atoms with van der Waals surface area (Å²) in [7, 11) is 0. The van der Waals surface area contributed by atoms with E-state index in [1.54, 1.807) is 12.3 Å². The first-order valence-corrected chi connectivity index (χ1v) is 8.10. The van der Waals surface area contributed by atoms with E-state index in [9.17, 15) is 4.79 Å². The van der Waals surface area contributed by atoms with Gasteiger partial charge in [-0.15, -0.1) is 11.3 Å². The number of benzene rings is 1. The molecule has 0 aliphatic rings. The van der Waals surface area contributed by atoms with Crippen LogP contribution in [0.25, 0.3) is 10.9 Å². The molecule has 2 nitrogen and oxygen atoms in total. The Labute approximate surface area is 135 Å². The highest BCUT2D eigenvalue weighted by molar-refractivity contribution is 9.12. The van der Waals surface area contributed by atoms with Crippen molar-refractivity contribution in [2.45, 2.75) is 0 Å². The lowest BCUT2D eigenvalue weighted by atomic mass is 10.1. The molecule has 3 rings (SSSR count). The topological polar surface area (TPSA) is 32.9 Å². The van der Waals surface area contributed by atoms with E-state index in [2.05, 4.69) is 36.8 Å². The minimum atomic E-state index is -0.0117. The number of carbonyl (C=O) groups is 1. The molecule has 0 bridgehead atoms. The van der Waals surface area contributed by atoms with Gasteiger partial charge in [0, 0.05) is 33.2 Å². The first kappa shape index (κ1) is 13.4. The first-order chi connectivity index (χ1) is 9.06. The molecule has 0 saturated carbocycles. The van der Waals surface area contributed by atoms with E-state index >= 15 is 0 Å². The van der Waals surface area contributed by atoms with Gasteiger partial charge in [-0.1, -0.05) is 17.7 Å². The van der Waals surface area contributed by atoms with Crippen LogP contribution < -0.4 is 0 Å². The van der Waals surface area contributed by atoms with Gasteiger partial charge in [0.25, 0.3) is 0 Å². The van der Waals surface area contributed by atoms with Gasteiger partial charge >= 0.3 is 0 Å². The van der Waals surface area contributed by atoms with Crippen molar-refractivity contribution in [2.75, 3.05) is 0 Å². The van der Waals surface area contributed by atoms with E-state index < -0.39 is 0 Å². The fourth-order valence-corrected chi connectivity index (χ4v) is 4.89. The Hall–Kier alpha value is -0.620. The van der Waals surface area contributed by atoms with Crippen molar-refractivity contribution in [3.8, 4) is 0 Å². The van der Waals surface area contributed by atoms with Crippen LogP contribution in [0, 0.1) is 0 Å². The standard InChI is InChI=1S/C13H6Br2ClNOS/c14-11-4-8(13(15)19-11)12(18)9-5-17-10-3-6(16)1-2-7(9)10/h1-5,17H. The van der Waals surface area contributed by atoms with Crippen molar-refractivity contribution in [1.82, 2.24) is 4.98 Å². The molecule has 0 aliphatic heterocycles. The van der Waals surface area contributed by atoms with Crippen molar-refractivity contribution in [1.29, 1.82) is 0 Å². The van der Waals surface area contributed by atoms with E-state index in [0.717, 1.165) is 18.5 Å². The second kappa shape index (κ2) is 5.05. The summed E-state index contributed by atoms with van der Waals surface area (Å²) >= 11 is 14.2. The van der Waals surface area contributed by atoms with Crippen molar-refractivity contribution in [2.24, 2.45) is 0 Å².